The Labute approximate surface area is 359 Å². The lowest BCUT2D eigenvalue weighted by atomic mass is 9.83. The SMILES string of the molecule is c1ccc(-c2nc(-c3ccc4ccccc4c3)nc(-c3cc4c(c5ccccc35)c3cc(C(c5ccccc5)c5ccc6ccccc6c5)ccc3n4-c3ccccc3)n2)cc1. The van der Waals surface area contributed by atoms with Crippen LogP contribution >= 0.6 is 0 Å². The van der Waals surface area contributed by atoms with E-state index in [9.17, 15) is 0 Å². The summed E-state index contributed by atoms with van der Waals surface area (Å²) in [5, 5.41) is 9.42. The van der Waals surface area contributed by atoms with Crippen molar-refractivity contribution in [1.82, 2.24) is 19.5 Å². The van der Waals surface area contributed by atoms with Crippen LogP contribution < -0.4 is 0 Å². The maximum atomic E-state index is 5.31. The second-order valence-electron chi connectivity index (χ2n) is 16.0. The van der Waals surface area contributed by atoms with Crippen molar-refractivity contribution in [2.75, 3.05) is 0 Å². The summed E-state index contributed by atoms with van der Waals surface area (Å²) in [6.07, 6.45) is 0. The standard InChI is InChI=1S/C58H38N4/c1-4-18-40(19-5-1)54(44-30-28-38-16-10-12-22-42(38)34-44)45-32-33-52-51(36-45)55-49-27-15-14-26-48(49)50(37-53(55)62(52)47-24-8-3-9-25-47)58-60-56(41-20-6-2-7-21-41)59-57(61-58)46-31-29-39-17-11-13-23-43(39)35-46/h1-37,54H. The second kappa shape index (κ2) is 14.8. The Kier molecular flexibility index (Phi) is 8.53. The molecular formula is C58H38N4. The minimum absolute atomic E-state index is 0.0287. The van der Waals surface area contributed by atoms with Gasteiger partial charge in [0.2, 0.25) is 0 Å². The van der Waals surface area contributed by atoms with E-state index in [1.165, 1.54) is 43.6 Å². The molecule has 0 bridgehead atoms. The van der Waals surface area contributed by atoms with E-state index in [4.69, 9.17) is 15.0 Å². The highest BCUT2D eigenvalue weighted by molar-refractivity contribution is 6.24. The lowest BCUT2D eigenvalue weighted by molar-refractivity contribution is 0.983. The summed E-state index contributed by atoms with van der Waals surface area (Å²) in [6, 6.07) is 80.3. The first-order valence-electron chi connectivity index (χ1n) is 21.1. The van der Waals surface area contributed by atoms with Gasteiger partial charge in [-0.2, -0.15) is 0 Å². The van der Waals surface area contributed by atoms with Crippen molar-refractivity contribution in [2.24, 2.45) is 0 Å². The van der Waals surface area contributed by atoms with Gasteiger partial charge in [-0.25, -0.2) is 15.0 Å². The Hall–Kier alpha value is -8.21. The smallest absolute Gasteiger partial charge is 0.164 e. The third-order valence-electron chi connectivity index (χ3n) is 12.3. The zero-order valence-corrected chi connectivity index (χ0v) is 33.7. The summed E-state index contributed by atoms with van der Waals surface area (Å²) in [6.45, 7) is 0. The summed E-state index contributed by atoms with van der Waals surface area (Å²) in [4.78, 5) is 15.7. The van der Waals surface area contributed by atoms with E-state index < -0.39 is 0 Å². The number of aromatic nitrogens is 4. The molecule has 0 aliphatic rings. The molecule has 0 saturated heterocycles. The van der Waals surface area contributed by atoms with Crippen LogP contribution in [0.1, 0.15) is 22.6 Å². The van der Waals surface area contributed by atoms with Gasteiger partial charge in [-0.05, 0) is 85.4 Å². The molecule has 12 rings (SSSR count). The fourth-order valence-electron chi connectivity index (χ4n) is 9.40. The van der Waals surface area contributed by atoms with Gasteiger partial charge in [0.15, 0.2) is 17.5 Å². The molecule has 4 nitrogen and oxygen atoms in total. The molecule has 2 aromatic heterocycles. The fraction of sp³-hybridized carbons (Fsp3) is 0.0172. The molecule has 0 radical (unpaired) electrons. The first-order valence-corrected chi connectivity index (χ1v) is 21.1. The Morgan fingerprint density at radius 2 is 0.871 bits per heavy atom. The minimum Gasteiger partial charge on any atom is -0.309 e. The van der Waals surface area contributed by atoms with Gasteiger partial charge in [-0.1, -0.05) is 188 Å². The van der Waals surface area contributed by atoms with E-state index in [1.54, 1.807) is 0 Å². The molecule has 0 aliphatic heterocycles. The predicted molar refractivity (Wildman–Crippen MR) is 257 cm³/mol. The van der Waals surface area contributed by atoms with Crippen molar-refractivity contribution in [3.63, 3.8) is 0 Å². The van der Waals surface area contributed by atoms with Gasteiger partial charge in [0.05, 0.1) is 11.0 Å². The first-order chi connectivity index (χ1) is 30.7. The Bertz CT molecular complexity index is 3630. The fourth-order valence-corrected chi connectivity index (χ4v) is 9.40. The van der Waals surface area contributed by atoms with Crippen molar-refractivity contribution in [1.29, 1.82) is 0 Å². The highest BCUT2D eigenvalue weighted by Crippen LogP contribution is 2.43. The second-order valence-corrected chi connectivity index (χ2v) is 16.0. The van der Waals surface area contributed by atoms with E-state index in [1.807, 2.05) is 18.2 Å². The van der Waals surface area contributed by atoms with Gasteiger partial charge in [-0.3, -0.25) is 0 Å². The summed E-state index contributed by atoms with van der Waals surface area (Å²) in [5.74, 6) is 1.93. The van der Waals surface area contributed by atoms with Crippen molar-refractivity contribution in [3.05, 3.63) is 241 Å². The van der Waals surface area contributed by atoms with E-state index in [0.717, 1.165) is 49.6 Å². The lowest BCUT2D eigenvalue weighted by Crippen LogP contribution is -2.03. The van der Waals surface area contributed by atoms with Crippen LogP contribution in [0.25, 0.3) is 94.0 Å². The lowest BCUT2D eigenvalue weighted by Gasteiger charge is -2.20. The molecule has 0 fully saturated rings. The molecule has 290 valence electrons. The van der Waals surface area contributed by atoms with Crippen molar-refractivity contribution < 1.29 is 0 Å². The van der Waals surface area contributed by atoms with Crippen LogP contribution in [0.3, 0.4) is 0 Å². The molecule has 4 heteroatoms. The Balaban J connectivity index is 1.13. The predicted octanol–water partition coefficient (Wildman–Crippen LogP) is 14.6. The van der Waals surface area contributed by atoms with Crippen LogP contribution in [0.4, 0.5) is 0 Å². The highest BCUT2D eigenvalue weighted by atomic mass is 15.0. The first kappa shape index (κ1) is 35.7. The summed E-state index contributed by atoms with van der Waals surface area (Å²) < 4.78 is 2.40. The van der Waals surface area contributed by atoms with Crippen molar-refractivity contribution in [3.8, 4) is 39.9 Å². The van der Waals surface area contributed by atoms with Crippen molar-refractivity contribution >= 4 is 54.1 Å². The average molecular weight is 791 g/mol. The molecule has 0 aliphatic carbocycles. The zero-order chi connectivity index (χ0) is 41.0. The van der Waals surface area contributed by atoms with E-state index in [2.05, 4.69) is 211 Å². The number of para-hydroxylation sites is 1. The van der Waals surface area contributed by atoms with Gasteiger partial charge in [0.1, 0.15) is 0 Å². The summed E-state index contributed by atoms with van der Waals surface area (Å²) in [5.41, 5.74) is 9.92. The van der Waals surface area contributed by atoms with Gasteiger partial charge >= 0.3 is 0 Å². The molecule has 0 saturated carbocycles. The summed E-state index contributed by atoms with van der Waals surface area (Å²) >= 11 is 0. The maximum absolute atomic E-state index is 5.31. The molecule has 1 atom stereocenters. The molecule has 0 N–H and O–H groups in total. The van der Waals surface area contributed by atoms with Crippen LogP contribution in [0.5, 0.6) is 0 Å². The molecule has 10 aromatic carbocycles. The number of hydrogen-bond donors (Lipinski definition) is 0. The molecule has 12 aromatic rings. The highest BCUT2D eigenvalue weighted by Gasteiger charge is 2.24. The van der Waals surface area contributed by atoms with E-state index in [0.29, 0.717) is 17.5 Å². The average Bonchev–Trinajstić information content (AvgIpc) is 3.68. The third kappa shape index (κ3) is 6.12. The van der Waals surface area contributed by atoms with Crippen LogP contribution in [0.2, 0.25) is 0 Å². The topological polar surface area (TPSA) is 43.6 Å². The van der Waals surface area contributed by atoms with E-state index in [-0.39, 0.29) is 5.92 Å². The molecule has 62 heavy (non-hydrogen) atoms. The minimum atomic E-state index is 0.0287. The van der Waals surface area contributed by atoms with Crippen LogP contribution in [0, 0.1) is 0 Å². The maximum Gasteiger partial charge on any atom is 0.164 e. The number of rotatable bonds is 7. The molecule has 1 unspecified atom stereocenters. The summed E-state index contributed by atoms with van der Waals surface area (Å²) in [7, 11) is 0. The van der Waals surface area contributed by atoms with Crippen LogP contribution in [-0.4, -0.2) is 19.5 Å². The molecule has 2 heterocycles. The number of nitrogens with zero attached hydrogens (tertiary/aromatic N) is 4. The third-order valence-corrected chi connectivity index (χ3v) is 12.3. The molecule has 0 amide bonds. The van der Waals surface area contributed by atoms with Gasteiger partial charge < -0.3 is 4.57 Å². The van der Waals surface area contributed by atoms with Gasteiger partial charge in [0, 0.05) is 39.1 Å². The normalized spacial score (nSPS) is 12.1. The Morgan fingerprint density at radius 3 is 1.61 bits per heavy atom. The van der Waals surface area contributed by atoms with Gasteiger partial charge in [-0.15, -0.1) is 0 Å². The van der Waals surface area contributed by atoms with Crippen LogP contribution in [-0.2, 0) is 0 Å². The largest absolute Gasteiger partial charge is 0.309 e. The van der Waals surface area contributed by atoms with E-state index >= 15 is 0 Å². The number of hydrogen-bond acceptors (Lipinski definition) is 3. The number of fused-ring (bicyclic) bond motifs is 7. The Morgan fingerprint density at radius 1 is 0.323 bits per heavy atom. The van der Waals surface area contributed by atoms with Crippen LogP contribution in [0.15, 0.2) is 224 Å². The van der Waals surface area contributed by atoms with Crippen molar-refractivity contribution in [2.45, 2.75) is 5.92 Å². The number of benzene rings is 10. The quantitative estimate of drug-likeness (QED) is 0.151. The molecular weight excluding hydrogens is 753 g/mol. The monoisotopic (exact) mass is 790 g/mol. The molecule has 0 spiro atoms. The van der Waals surface area contributed by atoms with Gasteiger partial charge in [0.25, 0.3) is 0 Å². The zero-order valence-electron chi connectivity index (χ0n) is 33.7.